The molecule has 2 heterocycles. The number of aryl methyl sites for hydroxylation is 1. The molecule has 1 amide bonds. The van der Waals surface area contributed by atoms with E-state index in [1.165, 1.54) is 12.8 Å². The number of hydrogen-bond acceptors (Lipinski definition) is 4. The molecular formula is C20H24ClN3O2. The number of carbonyl (C=O) groups excluding carboxylic acids is 1. The highest BCUT2D eigenvalue weighted by atomic mass is 35.5. The summed E-state index contributed by atoms with van der Waals surface area (Å²) in [5, 5.41) is 3.45. The Morgan fingerprint density at radius 1 is 1.38 bits per heavy atom. The van der Waals surface area contributed by atoms with E-state index in [0.29, 0.717) is 28.1 Å². The first-order valence-corrected chi connectivity index (χ1v) is 9.22. The number of piperidine rings is 1. The minimum Gasteiger partial charge on any atom is -0.495 e. The molecular weight excluding hydrogens is 350 g/mol. The van der Waals surface area contributed by atoms with Crippen LogP contribution >= 0.6 is 11.6 Å². The Bertz CT molecular complexity index is 792. The fraction of sp³-hybridized carbons (Fsp3) is 0.400. The summed E-state index contributed by atoms with van der Waals surface area (Å²) in [5.41, 5.74) is 2.88. The van der Waals surface area contributed by atoms with Gasteiger partial charge < -0.3 is 15.0 Å². The lowest BCUT2D eigenvalue weighted by atomic mass is 10.00. The Labute approximate surface area is 159 Å². The maximum atomic E-state index is 12.5. The average Bonchev–Trinajstić information content (AvgIpc) is 2.64. The minimum atomic E-state index is -0.274. The van der Waals surface area contributed by atoms with Gasteiger partial charge in [0.15, 0.2) is 0 Å². The summed E-state index contributed by atoms with van der Waals surface area (Å²) in [5.74, 6) is 0.934. The molecule has 2 aromatic rings. The largest absolute Gasteiger partial charge is 0.495 e. The van der Waals surface area contributed by atoms with Gasteiger partial charge >= 0.3 is 0 Å². The molecule has 0 aliphatic carbocycles. The van der Waals surface area contributed by atoms with Crippen LogP contribution in [0.4, 0.5) is 11.4 Å². The second kappa shape index (κ2) is 7.96. The molecule has 5 nitrogen and oxygen atoms in total. The summed E-state index contributed by atoms with van der Waals surface area (Å²) in [7, 11) is 1.54. The Morgan fingerprint density at radius 2 is 2.19 bits per heavy atom. The van der Waals surface area contributed by atoms with Crippen molar-refractivity contribution in [2.24, 2.45) is 5.92 Å². The predicted octanol–water partition coefficient (Wildman–Crippen LogP) is 4.54. The fourth-order valence-electron chi connectivity index (χ4n) is 3.25. The second-order valence-electron chi connectivity index (χ2n) is 6.85. The lowest BCUT2D eigenvalue weighted by Gasteiger charge is -2.32. The number of carbonyl (C=O) groups is 1. The number of methoxy groups -OCH3 is 1. The van der Waals surface area contributed by atoms with E-state index >= 15 is 0 Å². The molecule has 1 fully saturated rings. The molecule has 3 rings (SSSR count). The van der Waals surface area contributed by atoms with Gasteiger partial charge in [0.2, 0.25) is 0 Å². The van der Waals surface area contributed by atoms with Crippen molar-refractivity contribution in [3.63, 3.8) is 0 Å². The first-order chi connectivity index (χ1) is 12.5. The molecule has 0 spiro atoms. The zero-order valence-electron chi connectivity index (χ0n) is 15.4. The van der Waals surface area contributed by atoms with Gasteiger partial charge in [-0.05, 0) is 49.4 Å². The van der Waals surface area contributed by atoms with E-state index in [2.05, 4.69) is 22.1 Å². The molecule has 1 aliphatic rings. The zero-order chi connectivity index (χ0) is 18.7. The topological polar surface area (TPSA) is 54.5 Å². The number of nitrogens with one attached hydrogen (secondary N) is 1. The van der Waals surface area contributed by atoms with Crippen LogP contribution in [-0.4, -0.2) is 31.1 Å². The average molecular weight is 374 g/mol. The van der Waals surface area contributed by atoms with Gasteiger partial charge in [-0.3, -0.25) is 4.79 Å². The predicted molar refractivity (Wildman–Crippen MR) is 106 cm³/mol. The first-order valence-electron chi connectivity index (χ1n) is 8.84. The van der Waals surface area contributed by atoms with Crippen molar-refractivity contribution < 1.29 is 9.53 Å². The minimum absolute atomic E-state index is 0.274. The summed E-state index contributed by atoms with van der Waals surface area (Å²) in [6.07, 6.45) is 4.24. The van der Waals surface area contributed by atoms with Crippen LogP contribution in [0.15, 0.2) is 30.5 Å². The van der Waals surface area contributed by atoms with E-state index in [0.717, 1.165) is 24.3 Å². The van der Waals surface area contributed by atoms with E-state index in [1.54, 1.807) is 31.5 Å². The molecule has 0 bridgehead atoms. The molecule has 0 saturated carbocycles. The van der Waals surface area contributed by atoms with Crippen LogP contribution in [0.2, 0.25) is 5.02 Å². The van der Waals surface area contributed by atoms with E-state index < -0.39 is 0 Å². The third-order valence-corrected chi connectivity index (χ3v) is 5.14. The molecule has 0 radical (unpaired) electrons. The third kappa shape index (κ3) is 4.10. The van der Waals surface area contributed by atoms with E-state index in [4.69, 9.17) is 16.3 Å². The molecule has 1 aromatic carbocycles. The molecule has 1 aromatic heterocycles. The van der Waals surface area contributed by atoms with Crippen molar-refractivity contribution in [1.29, 1.82) is 0 Å². The molecule has 1 unspecified atom stereocenters. The van der Waals surface area contributed by atoms with Gasteiger partial charge in [0, 0.05) is 24.2 Å². The zero-order valence-corrected chi connectivity index (χ0v) is 16.1. The number of ether oxygens (including phenoxy) is 1. The van der Waals surface area contributed by atoms with Gasteiger partial charge in [-0.15, -0.1) is 0 Å². The summed E-state index contributed by atoms with van der Waals surface area (Å²) in [6, 6.07) is 7.21. The SMILES string of the molecule is COc1cc(Cl)c(C)cc1NC(=O)c1ccc(N2CCCC(C)C2)cn1. The second-order valence-corrected chi connectivity index (χ2v) is 7.26. The number of benzene rings is 1. The highest BCUT2D eigenvalue weighted by molar-refractivity contribution is 6.31. The fourth-order valence-corrected chi connectivity index (χ4v) is 3.40. The van der Waals surface area contributed by atoms with E-state index in [-0.39, 0.29) is 5.91 Å². The lowest BCUT2D eigenvalue weighted by molar-refractivity contribution is 0.102. The Hall–Kier alpha value is -2.27. The lowest BCUT2D eigenvalue weighted by Crippen LogP contribution is -2.34. The Kier molecular flexibility index (Phi) is 5.67. The maximum absolute atomic E-state index is 12.5. The van der Waals surface area contributed by atoms with Crippen molar-refractivity contribution in [2.75, 3.05) is 30.4 Å². The van der Waals surface area contributed by atoms with Gasteiger partial charge in [0.25, 0.3) is 5.91 Å². The molecule has 1 N–H and O–H groups in total. The van der Waals surface area contributed by atoms with Gasteiger partial charge in [-0.25, -0.2) is 4.98 Å². The summed E-state index contributed by atoms with van der Waals surface area (Å²) < 4.78 is 5.30. The van der Waals surface area contributed by atoms with Crippen LogP contribution < -0.4 is 15.0 Å². The number of aromatic nitrogens is 1. The van der Waals surface area contributed by atoms with Crippen molar-refractivity contribution >= 4 is 28.9 Å². The number of anilines is 2. The highest BCUT2D eigenvalue weighted by Crippen LogP contribution is 2.31. The number of halogens is 1. The standard InChI is InChI=1S/C20H24ClN3O2/c1-13-5-4-8-24(12-13)15-6-7-17(22-11-15)20(25)23-18-9-14(2)16(21)10-19(18)26-3/h6-7,9-11,13H,4-5,8,12H2,1-3H3,(H,23,25). The highest BCUT2D eigenvalue weighted by Gasteiger charge is 2.18. The van der Waals surface area contributed by atoms with Gasteiger partial charge in [0.1, 0.15) is 11.4 Å². The van der Waals surface area contributed by atoms with Crippen molar-refractivity contribution in [2.45, 2.75) is 26.7 Å². The molecule has 6 heteroatoms. The van der Waals surface area contributed by atoms with Gasteiger partial charge in [0.05, 0.1) is 24.7 Å². The number of nitrogens with zero attached hydrogens (tertiary/aromatic N) is 2. The van der Waals surface area contributed by atoms with Gasteiger partial charge in [-0.2, -0.15) is 0 Å². The molecule has 1 atom stereocenters. The van der Waals surface area contributed by atoms with Crippen LogP contribution in [0.25, 0.3) is 0 Å². The molecule has 1 aliphatic heterocycles. The normalized spacial score (nSPS) is 17.1. The summed E-state index contributed by atoms with van der Waals surface area (Å²) in [4.78, 5) is 19.2. The van der Waals surface area contributed by atoms with Crippen LogP contribution in [0, 0.1) is 12.8 Å². The van der Waals surface area contributed by atoms with Crippen LogP contribution in [0.3, 0.4) is 0 Å². The van der Waals surface area contributed by atoms with Crippen molar-refractivity contribution in [3.8, 4) is 5.75 Å². The molecule has 26 heavy (non-hydrogen) atoms. The van der Waals surface area contributed by atoms with Crippen molar-refractivity contribution in [1.82, 2.24) is 4.98 Å². The first kappa shape index (κ1) is 18.5. The van der Waals surface area contributed by atoms with Crippen LogP contribution in [0.1, 0.15) is 35.8 Å². The monoisotopic (exact) mass is 373 g/mol. The van der Waals surface area contributed by atoms with E-state index in [1.807, 2.05) is 13.0 Å². The van der Waals surface area contributed by atoms with Crippen LogP contribution in [0.5, 0.6) is 5.75 Å². The van der Waals surface area contributed by atoms with Crippen LogP contribution in [-0.2, 0) is 0 Å². The van der Waals surface area contributed by atoms with Gasteiger partial charge in [-0.1, -0.05) is 18.5 Å². The van der Waals surface area contributed by atoms with E-state index in [9.17, 15) is 4.79 Å². The number of pyridine rings is 1. The summed E-state index contributed by atoms with van der Waals surface area (Å²) >= 11 is 6.11. The quantitative estimate of drug-likeness (QED) is 0.854. The number of hydrogen-bond donors (Lipinski definition) is 1. The Balaban J connectivity index is 1.73. The maximum Gasteiger partial charge on any atom is 0.274 e. The number of amides is 1. The van der Waals surface area contributed by atoms with Crippen molar-refractivity contribution in [3.05, 3.63) is 46.7 Å². The third-order valence-electron chi connectivity index (χ3n) is 4.73. The summed E-state index contributed by atoms with van der Waals surface area (Å²) in [6.45, 7) is 6.22. The Morgan fingerprint density at radius 3 is 2.85 bits per heavy atom. The molecule has 138 valence electrons. The smallest absolute Gasteiger partial charge is 0.274 e. The molecule has 1 saturated heterocycles. The number of rotatable bonds is 4.